The largest absolute Gasteiger partial charge is 0.389 e. The summed E-state index contributed by atoms with van der Waals surface area (Å²) in [7, 11) is 2.15. The molecule has 0 radical (unpaired) electrons. The number of piperazine rings is 1. The van der Waals surface area contributed by atoms with E-state index in [4.69, 9.17) is 0 Å². The molecule has 2 aliphatic rings. The van der Waals surface area contributed by atoms with Gasteiger partial charge in [0.15, 0.2) is 0 Å². The topological polar surface area (TPSA) is 150 Å². The van der Waals surface area contributed by atoms with Crippen LogP contribution in [0.2, 0.25) is 0 Å². The van der Waals surface area contributed by atoms with Crippen LogP contribution >= 0.6 is 0 Å². The Morgan fingerprint density at radius 2 is 1.48 bits per heavy atom. The predicted octanol–water partition coefficient (Wildman–Crippen LogP) is -2.65. The average molecular weight is 463 g/mol. The van der Waals surface area contributed by atoms with Crippen LogP contribution in [0.3, 0.4) is 0 Å². The lowest BCUT2D eigenvalue weighted by molar-refractivity contribution is -0.190. The van der Waals surface area contributed by atoms with Crippen molar-refractivity contribution in [2.24, 2.45) is 0 Å². The van der Waals surface area contributed by atoms with E-state index in [1.807, 2.05) is 0 Å². The lowest BCUT2D eigenvalue weighted by atomic mass is 9.83. The molecule has 11 nitrogen and oxygen atoms in total. The van der Waals surface area contributed by atoms with Gasteiger partial charge in [0, 0.05) is 39.3 Å². The molecule has 11 heteroatoms. The number of hydrogen-bond donors (Lipinski definition) is 6. The minimum Gasteiger partial charge on any atom is -0.389 e. The molecule has 2 aromatic rings. The average Bonchev–Trinajstić information content (AvgIpc) is 3.25. The monoisotopic (exact) mass is 462 g/mol. The van der Waals surface area contributed by atoms with Crippen molar-refractivity contribution >= 4 is 0 Å². The van der Waals surface area contributed by atoms with Crippen LogP contribution in [0, 0.1) is 0 Å². The quantitative estimate of drug-likeness (QED) is 0.258. The molecule has 1 aromatic heterocycles. The number of benzene rings is 1. The van der Waals surface area contributed by atoms with Gasteiger partial charge in [0.05, 0.1) is 24.5 Å². The van der Waals surface area contributed by atoms with Crippen molar-refractivity contribution in [1.82, 2.24) is 30.1 Å². The Kier molecular flexibility index (Phi) is 7.72. The SMILES string of the molecule is CN1CCN(Cc2cccc(Cn3cc(CNC4[C@@H](O)[C@H](O)C(O)[C@H](O)[C@H]4O)nn3)c2)CC1. The minimum absolute atomic E-state index is 0.164. The first-order valence-corrected chi connectivity index (χ1v) is 11.3. The van der Waals surface area contributed by atoms with E-state index in [9.17, 15) is 25.5 Å². The van der Waals surface area contributed by atoms with E-state index in [0.29, 0.717) is 12.2 Å². The summed E-state index contributed by atoms with van der Waals surface area (Å²) in [5.41, 5.74) is 2.96. The maximum absolute atomic E-state index is 10.1. The number of rotatable bonds is 7. The molecule has 4 rings (SSSR count). The summed E-state index contributed by atoms with van der Waals surface area (Å²) in [6.45, 7) is 5.95. The highest BCUT2D eigenvalue weighted by atomic mass is 16.4. The molecular formula is C22H34N6O5. The molecule has 6 N–H and O–H groups in total. The van der Waals surface area contributed by atoms with Crippen LogP contribution in [0.15, 0.2) is 30.5 Å². The molecule has 2 unspecified atom stereocenters. The fourth-order valence-electron chi connectivity index (χ4n) is 4.47. The third-order valence-electron chi connectivity index (χ3n) is 6.58. The van der Waals surface area contributed by atoms with E-state index >= 15 is 0 Å². The molecule has 1 aliphatic heterocycles. The second-order valence-electron chi connectivity index (χ2n) is 9.17. The zero-order valence-electron chi connectivity index (χ0n) is 18.8. The van der Waals surface area contributed by atoms with Crippen molar-refractivity contribution in [3.8, 4) is 0 Å². The molecule has 1 saturated carbocycles. The van der Waals surface area contributed by atoms with Crippen LogP contribution in [0.4, 0.5) is 0 Å². The number of aromatic nitrogens is 3. The number of aliphatic hydroxyl groups is 5. The molecule has 1 aliphatic carbocycles. The minimum atomic E-state index is -1.61. The first kappa shape index (κ1) is 24.2. The lowest BCUT2D eigenvalue weighted by Gasteiger charge is -2.42. The third-order valence-corrected chi connectivity index (χ3v) is 6.58. The standard InChI is InChI=1S/C22H34N6O5/c1-26-5-7-27(8-6-26)11-14-3-2-4-15(9-14)12-28-13-16(24-25-28)10-23-17-18(29)20(31)22(33)21(32)19(17)30/h2-4,9,13,17-23,29-33H,5-8,10-12H2,1H3/t17?,18-,19+,20+,21-,22?. The zero-order chi connectivity index (χ0) is 23.5. The van der Waals surface area contributed by atoms with Crippen LogP contribution in [0.1, 0.15) is 16.8 Å². The molecule has 182 valence electrons. The molecule has 2 fully saturated rings. The van der Waals surface area contributed by atoms with Gasteiger partial charge in [0.25, 0.3) is 0 Å². The van der Waals surface area contributed by atoms with E-state index in [1.165, 1.54) is 5.56 Å². The Balaban J connectivity index is 1.32. The maximum atomic E-state index is 10.1. The van der Waals surface area contributed by atoms with Gasteiger partial charge < -0.3 is 35.7 Å². The Hall–Kier alpha value is -1.96. The molecule has 1 aromatic carbocycles. The number of aliphatic hydroxyl groups excluding tert-OH is 5. The highest BCUT2D eigenvalue weighted by Gasteiger charge is 2.47. The van der Waals surface area contributed by atoms with Crippen molar-refractivity contribution in [3.05, 3.63) is 47.3 Å². The number of hydrogen-bond acceptors (Lipinski definition) is 10. The number of nitrogens with one attached hydrogen (secondary N) is 1. The summed E-state index contributed by atoms with van der Waals surface area (Å²) in [5.74, 6) is 0. The summed E-state index contributed by atoms with van der Waals surface area (Å²) >= 11 is 0. The highest BCUT2D eigenvalue weighted by molar-refractivity contribution is 5.23. The summed E-state index contributed by atoms with van der Waals surface area (Å²) in [6, 6.07) is 7.40. The summed E-state index contributed by atoms with van der Waals surface area (Å²) in [4.78, 5) is 4.80. The first-order valence-electron chi connectivity index (χ1n) is 11.3. The van der Waals surface area contributed by atoms with Crippen molar-refractivity contribution < 1.29 is 25.5 Å². The van der Waals surface area contributed by atoms with E-state index < -0.39 is 36.6 Å². The smallest absolute Gasteiger partial charge is 0.111 e. The normalized spacial score (nSPS) is 31.7. The van der Waals surface area contributed by atoms with Gasteiger partial charge in [-0.05, 0) is 18.2 Å². The van der Waals surface area contributed by atoms with E-state index in [2.05, 4.69) is 56.7 Å². The van der Waals surface area contributed by atoms with Crippen LogP contribution in [-0.4, -0.2) is 120 Å². The molecule has 6 atom stereocenters. The van der Waals surface area contributed by atoms with Gasteiger partial charge in [-0.25, -0.2) is 4.68 Å². The summed E-state index contributed by atoms with van der Waals surface area (Å²) in [6.07, 6.45) is -5.83. The van der Waals surface area contributed by atoms with Crippen LogP contribution in [0.25, 0.3) is 0 Å². The first-order chi connectivity index (χ1) is 15.8. The van der Waals surface area contributed by atoms with Crippen molar-refractivity contribution in [1.29, 1.82) is 0 Å². The molecule has 1 saturated heterocycles. The van der Waals surface area contributed by atoms with E-state index in [0.717, 1.165) is 38.3 Å². The van der Waals surface area contributed by atoms with Gasteiger partial charge in [-0.1, -0.05) is 29.5 Å². The highest BCUT2D eigenvalue weighted by Crippen LogP contribution is 2.22. The second kappa shape index (κ2) is 10.5. The fraction of sp³-hybridized carbons (Fsp3) is 0.636. The van der Waals surface area contributed by atoms with Crippen LogP contribution in [-0.2, 0) is 19.6 Å². The van der Waals surface area contributed by atoms with Crippen LogP contribution in [0.5, 0.6) is 0 Å². The van der Waals surface area contributed by atoms with Gasteiger partial charge >= 0.3 is 0 Å². The van der Waals surface area contributed by atoms with Gasteiger partial charge in [-0.15, -0.1) is 5.10 Å². The molecule has 33 heavy (non-hydrogen) atoms. The maximum Gasteiger partial charge on any atom is 0.111 e. The molecule has 0 bridgehead atoms. The number of nitrogens with zero attached hydrogens (tertiary/aromatic N) is 5. The van der Waals surface area contributed by atoms with E-state index in [1.54, 1.807) is 10.9 Å². The molecule has 2 heterocycles. The summed E-state index contributed by atoms with van der Waals surface area (Å²) < 4.78 is 1.72. The Morgan fingerprint density at radius 3 is 2.15 bits per heavy atom. The Labute approximate surface area is 192 Å². The van der Waals surface area contributed by atoms with Crippen molar-refractivity contribution in [2.75, 3.05) is 33.2 Å². The van der Waals surface area contributed by atoms with Gasteiger partial charge in [-0.3, -0.25) is 4.90 Å². The van der Waals surface area contributed by atoms with Gasteiger partial charge in [0.1, 0.15) is 30.5 Å². The zero-order valence-corrected chi connectivity index (χ0v) is 18.8. The van der Waals surface area contributed by atoms with Crippen molar-refractivity contribution in [3.63, 3.8) is 0 Å². The third kappa shape index (κ3) is 5.76. The molecular weight excluding hydrogens is 428 g/mol. The Bertz CT molecular complexity index is 889. The van der Waals surface area contributed by atoms with Gasteiger partial charge in [0.2, 0.25) is 0 Å². The van der Waals surface area contributed by atoms with Crippen molar-refractivity contribution in [2.45, 2.75) is 56.2 Å². The predicted molar refractivity (Wildman–Crippen MR) is 119 cm³/mol. The lowest BCUT2D eigenvalue weighted by Crippen LogP contribution is -2.67. The molecule has 0 spiro atoms. The number of likely N-dealkylation sites (N-methyl/N-ethyl adjacent to an activating group) is 1. The summed E-state index contributed by atoms with van der Waals surface area (Å²) in [5, 5.41) is 60.9. The fourth-order valence-corrected chi connectivity index (χ4v) is 4.47. The molecule has 0 amide bonds. The van der Waals surface area contributed by atoms with Gasteiger partial charge in [-0.2, -0.15) is 0 Å². The second-order valence-corrected chi connectivity index (χ2v) is 9.17. The Morgan fingerprint density at radius 1 is 0.879 bits per heavy atom. The van der Waals surface area contributed by atoms with E-state index in [-0.39, 0.29) is 6.54 Å². The van der Waals surface area contributed by atoms with Crippen LogP contribution < -0.4 is 5.32 Å².